The number of fused-ring (bicyclic) bond motifs is 1. The SMILES string of the molecule is c1cc2cc(-c3ccc(OC4[C@@H]5CC6C[C@@H]4CN(C6)C5)cn3)ccc2o1. The number of ether oxygens (including phenoxy) is 1. The molecule has 1 aromatic carbocycles. The highest BCUT2D eigenvalue weighted by atomic mass is 16.5. The van der Waals surface area contributed by atoms with E-state index in [9.17, 15) is 0 Å². The number of hydrogen-bond acceptors (Lipinski definition) is 4. The van der Waals surface area contributed by atoms with Gasteiger partial charge in [0.1, 0.15) is 17.4 Å². The van der Waals surface area contributed by atoms with Crippen molar-refractivity contribution in [3.8, 4) is 17.0 Å². The molecule has 4 nitrogen and oxygen atoms in total. The number of rotatable bonds is 3. The molecule has 4 aliphatic rings. The van der Waals surface area contributed by atoms with Crippen LogP contribution in [0.25, 0.3) is 22.2 Å². The van der Waals surface area contributed by atoms with Crippen molar-refractivity contribution in [2.24, 2.45) is 17.8 Å². The molecule has 0 N–H and O–H groups in total. The van der Waals surface area contributed by atoms with E-state index in [-0.39, 0.29) is 0 Å². The molecule has 5 heterocycles. The quantitative estimate of drug-likeness (QED) is 0.712. The second kappa shape index (κ2) is 5.58. The van der Waals surface area contributed by atoms with Gasteiger partial charge >= 0.3 is 0 Å². The summed E-state index contributed by atoms with van der Waals surface area (Å²) in [6.45, 7) is 3.75. The van der Waals surface area contributed by atoms with E-state index >= 15 is 0 Å². The van der Waals surface area contributed by atoms with Gasteiger partial charge in [-0.1, -0.05) is 0 Å². The van der Waals surface area contributed by atoms with Crippen LogP contribution in [0, 0.1) is 17.8 Å². The molecule has 4 fully saturated rings. The van der Waals surface area contributed by atoms with Gasteiger partial charge in [-0.25, -0.2) is 0 Å². The fraction of sp³-hybridized carbons (Fsp3) is 0.409. The van der Waals surface area contributed by atoms with Crippen LogP contribution < -0.4 is 4.74 Å². The molecule has 3 aromatic rings. The van der Waals surface area contributed by atoms with Crippen molar-refractivity contribution in [3.05, 3.63) is 48.9 Å². The van der Waals surface area contributed by atoms with Gasteiger partial charge in [0.15, 0.2) is 0 Å². The summed E-state index contributed by atoms with van der Waals surface area (Å²) in [5, 5.41) is 1.10. The van der Waals surface area contributed by atoms with Crippen LogP contribution in [0.5, 0.6) is 5.75 Å². The number of furan rings is 1. The van der Waals surface area contributed by atoms with E-state index in [4.69, 9.17) is 9.15 Å². The van der Waals surface area contributed by atoms with E-state index in [2.05, 4.69) is 34.1 Å². The lowest BCUT2D eigenvalue weighted by atomic mass is 9.66. The molecule has 1 saturated carbocycles. The third-order valence-electron chi connectivity index (χ3n) is 6.46. The maximum atomic E-state index is 6.44. The molecule has 4 bridgehead atoms. The molecule has 4 heteroatoms. The predicted octanol–water partition coefficient (Wildman–Crippen LogP) is 4.21. The Hall–Kier alpha value is -2.33. The van der Waals surface area contributed by atoms with Crippen molar-refractivity contribution in [1.29, 1.82) is 0 Å². The third kappa shape index (κ3) is 2.36. The fourth-order valence-electron chi connectivity index (χ4n) is 5.46. The summed E-state index contributed by atoms with van der Waals surface area (Å²) < 4.78 is 11.9. The Balaban J connectivity index is 1.23. The molecule has 2 aromatic heterocycles. The number of hydrogen-bond donors (Lipinski definition) is 0. The van der Waals surface area contributed by atoms with Crippen molar-refractivity contribution in [2.75, 3.05) is 19.6 Å². The van der Waals surface area contributed by atoms with E-state index in [0.29, 0.717) is 17.9 Å². The lowest BCUT2D eigenvalue weighted by molar-refractivity contribution is -0.0985. The predicted molar refractivity (Wildman–Crippen MR) is 100 cm³/mol. The Morgan fingerprint density at radius 3 is 2.65 bits per heavy atom. The van der Waals surface area contributed by atoms with Gasteiger partial charge in [0, 0.05) is 42.4 Å². The van der Waals surface area contributed by atoms with E-state index < -0.39 is 0 Å². The molecule has 0 unspecified atom stereocenters. The maximum Gasteiger partial charge on any atom is 0.138 e. The second-order valence-electron chi connectivity index (χ2n) is 8.21. The first kappa shape index (κ1) is 14.8. The van der Waals surface area contributed by atoms with Gasteiger partial charge in [0.05, 0.1) is 18.2 Å². The van der Waals surface area contributed by atoms with Gasteiger partial charge in [0.2, 0.25) is 0 Å². The molecule has 26 heavy (non-hydrogen) atoms. The minimum atomic E-state index is 0.373. The van der Waals surface area contributed by atoms with E-state index in [0.717, 1.165) is 33.9 Å². The molecule has 7 rings (SSSR count). The molecule has 1 aliphatic carbocycles. The first-order chi connectivity index (χ1) is 12.8. The molecule has 132 valence electrons. The van der Waals surface area contributed by atoms with Crippen molar-refractivity contribution in [1.82, 2.24) is 9.88 Å². The zero-order chi connectivity index (χ0) is 17.1. The van der Waals surface area contributed by atoms with Crippen LogP contribution >= 0.6 is 0 Å². The second-order valence-corrected chi connectivity index (χ2v) is 8.21. The Labute approximate surface area is 152 Å². The minimum Gasteiger partial charge on any atom is -0.488 e. The van der Waals surface area contributed by atoms with Gasteiger partial charge in [0.25, 0.3) is 0 Å². The lowest BCUT2D eigenvalue weighted by Crippen LogP contribution is -2.61. The Morgan fingerprint density at radius 1 is 1.00 bits per heavy atom. The van der Waals surface area contributed by atoms with Crippen molar-refractivity contribution in [2.45, 2.75) is 18.9 Å². The molecule has 0 radical (unpaired) electrons. The first-order valence-electron chi connectivity index (χ1n) is 9.64. The maximum absolute atomic E-state index is 6.44. The summed E-state index contributed by atoms with van der Waals surface area (Å²) in [6.07, 6.45) is 6.67. The largest absolute Gasteiger partial charge is 0.488 e. The van der Waals surface area contributed by atoms with Crippen LogP contribution in [0.15, 0.2) is 53.3 Å². The third-order valence-corrected chi connectivity index (χ3v) is 6.46. The highest BCUT2D eigenvalue weighted by Gasteiger charge is 2.48. The molecule has 0 spiro atoms. The minimum absolute atomic E-state index is 0.373. The highest BCUT2D eigenvalue weighted by Crippen LogP contribution is 2.44. The lowest BCUT2D eigenvalue weighted by Gasteiger charge is -2.55. The van der Waals surface area contributed by atoms with Gasteiger partial charge in [-0.2, -0.15) is 0 Å². The Bertz CT molecular complexity index is 918. The van der Waals surface area contributed by atoms with E-state index in [1.54, 1.807) is 6.26 Å². The first-order valence-corrected chi connectivity index (χ1v) is 9.64. The Morgan fingerprint density at radius 2 is 1.88 bits per heavy atom. The molecule has 3 saturated heterocycles. The standard InChI is InChI=1S/C22H22N2O2/c1-4-21-16(5-6-25-21)9-15(1)20-3-2-19(10-23-20)26-22-17-7-14-8-18(22)13-24(11-14)12-17/h1-6,9-10,14,17-18,22H,7-8,11-13H2/t14?,17-,18-,22?/m1/s1. The zero-order valence-electron chi connectivity index (χ0n) is 14.7. The molecule has 0 amide bonds. The van der Waals surface area contributed by atoms with Crippen molar-refractivity contribution >= 4 is 11.0 Å². The number of piperidine rings is 3. The van der Waals surface area contributed by atoms with Crippen LogP contribution in [-0.4, -0.2) is 35.6 Å². The van der Waals surface area contributed by atoms with E-state index in [1.165, 1.54) is 32.5 Å². The van der Waals surface area contributed by atoms with Gasteiger partial charge in [-0.15, -0.1) is 0 Å². The van der Waals surface area contributed by atoms with Gasteiger partial charge < -0.3 is 14.1 Å². The molecule has 2 atom stereocenters. The summed E-state index contributed by atoms with van der Waals surface area (Å²) in [6, 6.07) is 12.3. The summed E-state index contributed by atoms with van der Waals surface area (Å²) in [5.74, 6) is 3.21. The van der Waals surface area contributed by atoms with Crippen molar-refractivity contribution in [3.63, 3.8) is 0 Å². The van der Waals surface area contributed by atoms with Crippen LogP contribution in [0.4, 0.5) is 0 Å². The van der Waals surface area contributed by atoms with Crippen LogP contribution in [-0.2, 0) is 0 Å². The number of nitrogens with zero attached hydrogens (tertiary/aromatic N) is 2. The molecular weight excluding hydrogens is 324 g/mol. The fourth-order valence-corrected chi connectivity index (χ4v) is 5.46. The summed E-state index contributed by atoms with van der Waals surface area (Å²) in [7, 11) is 0. The highest BCUT2D eigenvalue weighted by molar-refractivity contribution is 5.82. The van der Waals surface area contributed by atoms with Crippen molar-refractivity contribution < 1.29 is 9.15 Å². The molecule has 3 aliphatic heterocycles. The van der Waals surface area contributed by atoms with E-state index in [1.807, 2.05) is 18.3 Å². The van der Waals surface area contributed by atoms with Crippen LogP contribution in [0.1, 0.15) is 12.8 Å². The molecular formula is C22H22N2O2. The summed E-state index contributed by atoms with van der Waals surface area (Å²) in [5.41, 5.74) is 2.98. The smallest absolute Gasteiger partial charge is 0.138 e. The van der Waals surface area contributed by atoms with Gasteiger partial charge in [-0.3, -0.25) is 4.98 Å². The Kier molecular flexibility index (Phi) is 3.18. The summed E-state index contributed by atoms with van der Waals surface area (Å²) in [4.78, 5) is 7.30. The number of pyridine rings is 1. The monoisotopic (exact) mass is 346 g/mol. The number of benzene rings is 1. The van der Waals surface area contributed by atoms with Crippen LogP contribution in [0.3, 0.4) is 0 Å². The summed E-state index contributed by atoms with van der Waals surface area (Å²) >= 11 is 0. The average Bonchev–Trinajstić information content (AvgIpc) is 3.12. The average molecular weight is 346 g/mol. The number of aromatic nitrogens is 1. The van der Waals surface area contributed by atoms with Crippen LogP contribution in [0.2, 0.25) is 0 Å². The normalized spacial score (nSPS) is 32.2. The van der Waals surface area contributed by atoms with Gasteiger partial charge in [-0.05, 0) is 55.2 Å². The topological polar surface area (TPSA) is 38.5 Å². The zero-order valence-corrected chi connectivity index (χ0v) is 14.7.